The van der Waals surface area contributed by atoms with E-state index in [1.807, 2.05) is 11.4 Å². The van der Waals surface area contributed by atoms with Crippen LogP contribution in [-0.2, 0) is 23.1 Å². The second kappa shape index (κ2) is 10.3. The minimum atomic E-state index is -1.94. The summed E-state index contributed by atoms with van der Waals surface area (Å²) >= 11 is 7.84. The third kappa shape index (κ3) is 5.20. The maximum absolute atomic E-state index is 11.4. The molecule has 0 aliphatic heterocycles. The molecule has 30 heavy (non-hydrogen) atoms. The molecule has 0 spiro atoms. The van der Waals surface area contributed by atoms with Crippen LogP contribution in [0.5, 0.6) is 0 Å². The Morgan fingerprint density at radius 1 is 1.07 bits per heavy atom. The van der Waals surface area contributed by atoms with E-state index in [-0.39, 0.29) is 6.61 Å². The van der Waals surface area contributed by atoms with Gasteiger partial charge in [-0.05, 0) is 70.2 Å². The van der Waals surface area contributed by atoms with Gasteiger partial charge in [-0.1, -0.05) is 59.2 Å². The lowest BCUT2D eigenvalue weighted by atomic mass is 9.85. The first-order valence-corrected chi connectivity index (χ1v) is 14.2. The van der Waals surface area contributed by atoms with Gasteiger partial charge >= 0.3 is 0 Å². The number of halogens is 1. The van der Waals surface area contributed by atoms with Crippen LogP contribution in [0.25, 0.3) is 0 Å². The Morgan fingerprint density at radius 2 is 1.67 bits per heavy atom. The maximum atomic E-state index is 11.4. The molecule has 6 heteroatoms. The van der Waals surface area contributed by atoms with Gasteiger partial charge in [-0.15, -0.1) is 11.3 Å². The van der Waals surface area contributed by atoms with E-state index < -0.39 is 13.9 Å². The SMILES string of the molecule is CC(C)[Si](OCc1cc(C(C)(O)c2cc(Cl)ccc2CCO)cs1)(C(C)C)C(C)C. The highest BCUT2D eigenvalue weighted by Crippen LogP contribution is 2.43. The number of aliphatic hydroxyl groups excluding tert-OH is 1. The van der Waals surface area contributed by atoms with Gasteiger partial charge in [0.25, 0.3) is 0 Å². The first kappa shape index (κ1) is 25.6. The van der Waals surface area contributed by atoms with Crippen molar-refractivity contribution in [3.63, 3.8) is 0 Å². The number of hydrogen-bond donors (Lipinski definition) is 2. The van der Waals surface area contributed by atoms with E-state index in [1.165, 1.54) is 0 Å². The summed E-state index contributed by atoms with van der Waals surface area (Å²) in [5, 5.41) is 23.4. The van der Waals surface area contributed by atoms with Crippen LogP contribution in [0.15, 0.2) is 29.6 Å². The highest BCUT2D eigenvalue weighted by atomic mass is 35.5. The molecule has 0 amide bonds. The predicted octanol–water partition coefficient (Wildman–Crippen LogP) is 6.88. The Labute approximate surface area is 192 Å². The van der Waals surface area contributed by atoms with Crippen molar-refractivity contribution in [1.82, 2.24) is 0 Å². The summed E-state index contributed by atoms with van der Waals surface area (Å²) in [5.74, 6) is 0. The summed E-state index contributed by atoms with van der Waals surface area (Å²) < 4.78 is 6.73. The second-order valence-electron chi connectivity index (χ2n) is 9.26. The van der Waals surface area contributed by atoms with Crippen LogP contribution in [0.1, 0.15) is 70.0 Å². The minimum Gasteiger partial charge on any atom is -0.411 e. The molecule has 1 aromatic carbocycles. The molecule has 3 nitrogen and oxygen atoms in total. The van der Waals surface area contributed by atoms with E-state index in [4.69, 9.17) is 16.0 Å². The molecular weight excluding hydrogens is 432 g/mol. The van der Waals surface area contributed by atoms with Gasteiger partial charge in [0, 0.05) is 16.5 Å². The number of hydrogen-bond acceptors (Lipinski definition) is 4. The summed E-state index contributed by atoms with van der Waals surface area (Å²) in [6, 6.07) is 7.53. The topological polar surface area (TPSA) is 49.7 Å². The summed E-state index contributed by atoms with van der Waals surface area (Å²) in [4.78, 5) is 1.12. The molecule has 0 aliphatic rings. The molecular formula is C24H37ClO3SSi. The molecule has 168 valence electrons. The zero-order valence-corrected chi connectivity index (χ0v) is 21.9. The van der Waals surface area contributed by atoms with Crippen molar-refractivity contribution < 1.29 is 14.6 Å². The summed E-state index contributed by atoms with van der Waals surface area (Å²) in [7, 11) is -1.94. The van der Waals surface area contributed by atoms with Gasteiger partial charge in [0.2, 0.25) is 8.32 Å². The van der Waals surface area contributed by atoms with Crippen LogP contribution in [0.2, 0.25) is 21.6 Å². The average molecular weight is 469 g/mol. The predicted molar refractivity (Wildman–Crippen MR) is 131 cm³/mol. The van der Waals surface area contributed by atoms with Gasteiger partial charge in [0.15, 0.2) is 0 Å². The fraction of sp³-hybridized carbons (Fsp3) is 0.583. The molecule has 0 saturated carbocycles. The van der Waals surface area contributed by atoms with Gasteiger partial charge in [0.05, 0.1) is 6.61 Å². The first-order chi connectivity index (χ1) is 14.0. The lowest BCUT2D eigenvalue weighted by Gasteiger charge is -2.42. The van der Waals surface area contributed by atoms with Crippen LogP contribution in [0.4, 0.5) is 0 Å². The van der Waals surface area contributed by atoms with Crippen molar-refractivity contribution in [2.75, 3.05) is 6.61 Å². The molecule has 0 radical (unpaired) electrons. The van der Waals surface area contributed by atoms with Gasteiger partial charge in [-0.2, -0.15) is 0 Å². The molecule has 2 N–H and O–H groups in total. The minimum absolute atomic E-state index is 0.0275. The molecule has 2 rings (SSSR count). The van der Waals surface area contributed by atoms with Crippen LogP contribution >= 0.6 is 22.9 Å². The van der Waals surface area contributed by atoms with E-state index in [1.54, 1.807) is 30.4 Å². The van der Waals surface area contributed by atoms with Crippen LogP contribution in [0.3, 0.4) is 0 Å². The zero-order chi connectivity index (χ0) is 22.7. The van der Waals surface area contributed by atoms with E-state index in [0.29, 0.717) is 34.7 Å². The van der Waals surface area contributed by atoms with Crippen molar-refractivity contribution in [1.29, 1.82) is 0 Å². The molecule has 0 aliphatic carbocycles. The van der Waals surface area contributed by atoms with Gasteiger partial charge in [0.1, 0.15) is 5.60 Å². The maximum Gasteiger partial charge on any atom is 0.200 e. The second-order valence-corrected chi connectivity index (χ2v) is 16.1. The fourth-order valence-electron chi connectivity index (χ4n) is 4.90. The van der Waals surface area contributed by atoms with Crippen LogP contribution in [-0.4, -0.2) is 25.1 Å². The van der Waals surface area contributed by atoms with Gasteiger partial charge in [-0.25, -0.2) is 0 Å². The van der Waals surface area contributed by atoms with Crippen molar-refractivity contribution in [3.05, 3.63) is 56.2 Å². The first-order valence-electron chi connectivity index (χ1n) is 10.8. The number of aliphatic hydroxyl groups is 2. The molecule has 1 heterocycles. The summed E-state index contributed by atoms with van der Waals surface area (Å²) in [6.45, 7) is 16.1. The Kier molecular flexibility index (Phi) is 8.76. The lowest BCUT2D eigenvalue weighted by molar-refractivity contribution is 0.101. The number of thiophene rings is 1. The van der Waals surface area contributed by atoms with E-state index in [9.17, 15) is 10.2 Å². The largest absolute Gasteiger partial charge is 0.411 e. The van der Waals surface area contributed by atoms with E-state index in [2.05, 4.69) is 47.6 Å². The highest BCUT2D eigenvalue weighted by Gasteiger charge is 2.45. The molecule has 1 unspecified atom stereocenters. The van der Waals surface area contributed by atoms with Crippen molar-refractivity contribution in [2.24, 2.45) is 0 Å². The Bertz CT molecular complexity index is 808. The lowest BCUT2D eigenvalue weighted by Crippen LogP contribution is -2.47. The molecule has 1 atom stereocenters. The van der Waals surface area contributed by atoms with Crippen LogP contribution < -0.4 is 0 Å². The monoisotopic (exact) mass is 468 g/mol. The quantitative estimate of drug-likeness (QED) is 0.373. The fourth-order valence-corrected chi connectivity index (χ4v) is 11.5. The summed E-state index contributed by atoms with van der Waals surface area (Å²) in [5.41, 5.74) is 2.89. The smallest absolute Gasteiger partial charge is 0.200 e. The van der Waals surface area contributed by atoms with Gasteiger partial charge < -0.3 is 14.6 Å². The molecule has 0 bridgehead atoms. The van der Waals surface area contributed by atoms with E-state index in [0.717, 1.165) is 21.6 Å². The standard InChI is InChI=1S/C24H37ClO3SSi/c1-16(2)30(17(3)4,18(5)6)28-14-22-12-20(15-29-22)24(7,27)23-13-21(25)9-8-19(23)10-11-26/h8-9,12-13,15-18,26-27H,10-11,14H2,1-7H3. The normalized spacial score (nSPS) is 14.7. The molecule has 2 aromatic rings. The third-order valence-corrected chi connectivity index (χ3v) is 13.6. The Hall–Kier alpha value is -0.693. The summed E-state index contributed by atoms with van der Waals surface area (Å²) in [6.07, 6.45) is 0.480. The molecule has 0 saturated heterocycles. The zero-order valence-electron chi connectivity index (χ0n) is 19.3. The molecule has 0 fully saturated rings. The third-order valence-electron chi connectivity index (χ3n) is 6.36. The highest BCUT2D eigenvalue weighted by molar-refractivity contribution is 7.10. The van der Waals surface area contributed by atoms with Gasteiger partial charge in [-0.3, -0.25) is 0 Å². The van der Waals surface area contributed by atoms with Crippen molar-refractivity contribution >= 4 is 31.3 Å². The Morgan fingerprint density at radius 3 is 2.20 bits per heavy atom. The number of rotatable bonds is 10. The van der Waals surface area contributed by atoms with Crippen molar-refractivity contribution in [2.45, 2.75) is 83.7 Å². The van der Waals surface area contributed by atoms with Crippen LogP contribution in [0, 0.1) is 0 Å². The number of benzene rings is 1. The van der Waals surface area contributed by atoms with Crippen molar-refractivity contribution in [3.8, 4) is 0 Å². The van der Waals surface area contributed by atoms with E-state index >= 15 is 0 Å². The average Bonchev–Trinajstić information content (AvgIpc) is 3.13. The Balaban J connectivity index is 2.31. The molecule has 1 aromatic heterocycles.